The maximum atomic E-state index is 14.0. The summed E-state index contributed by atoms with van der Waals surface area (Å²) >= 11 is 6.33. The van der Waals surface area contributed by atoms with Crippen LogP contribution in [-0.4, -0.2) is 24.1 Å². The molecule has 0 saturated carbocycles. The lowest BCUT2D eigenvalue weighted by atomic mass is 10.0. The number of carbonyl (C=O) groups is 1. The molecular weight excluding hydrogens is 371 g/mol. The van der Waals surface area contributed by atoms with Crippen LogP contribution in [0.25, 0.3) is 0 Å². The Morgan fingerprint density at radius 1 is 1.00 bits per heavy atom. The molecule has 2 aromatic rings. The van der Waals surface area contributed by atoms with Crippen LogP contribution < -0.4 is 10.6 Å². The fourth-order valence-electron chi connectivity index (χ4n) is 2.56. The molecule has 0 fully saturated rings. The number of ether oxygens (including phenoxy) is 1. The van der Waals surface area contributed by atoms with Crippen molar-refractivity contribution in [1.82, 2.24) is 0 Å². The van der Waals surface area contributed by atoms with Gasteiger partial charge in [0, 0.05) is 10.6 Å². The first-order valence-corrected chi connectivity index (χ1v) is 10.7. The average Bonchev–Trinajstić information content (AvgIpc) is 2.66. The summed E-state index contributed by atoms with van der Waals surface area (Å²) in [4.78, 5) is 12.1. The molecular formula is C20H24ClO4P. The van der Waals surface area contributed by atoms with Crippen molar-refractivity contribution in [3.63, 3.8) is 0 Å². The van der Waals surface area contributed by atoms with E-state index in [4.69, 9.17) is 20.9 Å². The first-order chi connectivity index (χ1) is 12.4. The molecule has 0 N–H and O–H groups in total. The Hall–Kier alpha value is -1.61. The van der Waals surface area contributed by atoms with E-state index in [-0.39, 0.29) is 12.5 Å². The van der Waals surface area contributed by atoms with Gasteiger partial charge in [-0.15, -0.1) is 11.6 Å². The second-order valence-electron chi connectivity index (χ2n) is 6.19. The summed E-state index contributed by atoms with van der Waals surface area (Å²) in [6.45, 7) is 5.69. The Balaban J connectivity index is 2.45. The van der Waals surface area contributed by atoms with Crippen molar-refractivity contribution in [2.75, 3.05) is 6.61 Å². The molecule has 4 nitrogen and oxygen atoms in total. The minimum Gasteiger partial charge on any atom is -0.465 e. The van der Waals surface area contributed by atoms with E-state index in [1.807, 2.05) is 50.2 Å². The highest BCUT2D eigenvalue weighted by molar-refractivity contribution is 7.74. The van der Waals surface area contributed by atoms with Gasteiger partial charge in [-0.3, -0.25) is 9.36 Å². The molecule has 2 atom stereocenters. The van der Waals surface area contributed by atoms with E-state index in [1.54, 1.807) is 31.2 Å². The van der Waals surface area contributed by atoms with Crippen molar-refractivity contribution in [3.8, 4) is 0 Å². The van der Waals surface area contributed by atoms with Crippen molar-refractivity contribution < 1.29 is 18.6 Å². The van der Waals surface area contributed by atoms with Gasteiger partial charge in [0.25, 0.3) is 7.37 Å². The lowest BCUT2D eigenvalue weighted by Gasteiger charge is -2.30. The highest BCUT2D eigenvalue weighted by Gasteiger charge is 2.39. The second kappa shape index (κ2) is 9.36. The Labute approximate surface area is 159 Å². The maximum absolute atomic E-state index is 14.0. The number of hydrogen-bond acceptors (Lipinski definition) is 4. The fraction of sp³-hybridized carbons (Fsp3) is 0.350. The first kappa shape index (κ1) is 20.7. The van der Waals surface area contributed by atoms with E-state index in [1.165, 1.54) is 0 Å². The van der Waals surface area contributed by atoms with Crippen molar-refractivity contribution in [1.29, 1.82) is 0 Å². The molecule has 0 aliphatic carbocycles. The molecule has 0 spiro atoms. The van der Waals surface area contributed by atoms with Crippen LogP contribution in [0.1, 0.15) is 20.8 Å². The molecule has 0 saturated heterocycles. The number of benzene rings is 2. The Morgan fingerprint density at radius 3 is 1.85 bits per heavy atom. The topological polar surface area (TPSA) is 52.6 Å². The van der Waals surface area contributed by atoms with Crippen molar-refractivity contribution in [2.45, 2.75) is 32.3 Å². The number of carbonyl (C=O) groups excluding carboxylic acids is 1. The Kier molecular flexibility index (Phi) is 7.45. The van der Waals surface area contributed by atoms with E-state index in [0.717, 1.165) is 0 Å². The quantitative estimate of drug-likeness (QED) is 0.384. The highest BCUT2D eigenvalue weighted by atomic mass is 35.5. The van der Waals surface area contributed by atoms with Crippen LogP contribution in [0.5, 0.6) is 0 Å². The summed E-state index contributed by atoms with van der Waals surface area (Å²) in [5, 5.41) is 0.0739. The van der Waals surface area contributed by atoms with Crippen LogP contribution in [0.3, 0.4) is 0 Å². The zero-order chi connectivity index (χ0) is 19.2. The van der Waals surface area contributed by atoms with Gasteiger partial charge in [0.2, 0.25) is 0 Å². The van der Waals surface area contributed by atoms with Gasteiger partial charge >= 0.3 is 5.97 Å². The number of rotatable bonds is 8. The minimum atomic E-state index is -3.44. The Bertz CT molecular complexity index is 705. The minimum absolute atomic E-state index is 0.136. The van der Waals surface area contributed by atoms with Gasteiger partial charge in [0.15, 0.2) is 5.38 Å². The van der Waals surface area contributed by atoms with Gasteiger partial charge in [-0.05, 0) is 37.1 Å². The lowest BCUT2D eigenvalue weighted by Crippen LogP contribution is -2.38. The fourth-order valence-corrected chi connectivity index (χ4v) is 5.42. The van der Waals surface area contributed by atoms with Crippen LogP contribution in [-0.2, 0) is 18.6 Å². The molecule has 6 heteroatoms. The number of hydrogen-bond donors (Lipinski definition) is 0. The normalized spacial score (nSPS) is 14.0. The molecule has 140 valence electrons. The van der Waals surface area contributed by atoms with Crippen molar-refractivity contribution in [3.05, 3.63) is 60.7 Å². The SMILES string of the molecule is CCOC(=O)[C@H](Cl)[C@H](OP(=O)(c1ccccc1)c1ccccc1)C(C)C. The summed E-state index contributed by atoms with van der Waals surface area (Å²) in [6, 6.07) is 18.0. The van der Waals surface area contributed by atoms with E-state index in [9.17, 15) is 9.36 Å². The van der Waals surface area contributed by atoms with E-state index >= 15 is 0 Å². The van der Waals surface area contributed by atoms with Gasteiger partial charge in [-0.25, -0.2) is 0 Å². The molecule has 0 aliphatic rings. The lowest BCUT2D eigenvalue weighted by molar-refractivity contribution is -0.144. The maximum Gasteiger partial charge on any atom is 0.326 e. The van der Waals surface area contributed by atoms with E-state index < -0.39 is 24.8 Å². The molecule has 26 heavy (non-hydrogen) atoms. The summed E-state index contributed by atoms with van der Waals surface area (Å²) in [5.74, 6) is -0.705. The number of esters is 1. The standard InChI is InChI=1S/C20H24ClO4P/c1-4-24-20(22)18(21)19(15(2)3)25-26(23,16-11-7-5-8-12-16)17-13-9-6-10-14-17/h5-15,18-19H,4H2,1-3H3/t18-,19-/m1/s1. The largest absolute Gasteiger partial charge is 0.465 e. The molecule has 2 rings (SSSR count). The van der Waals surface area contributed by atoms with Crippen LogP contribution >= 0.6 is 19.0 Å². The molecule has 0 amide bonds. The second-order valence-corrected chi connectivity index (χ2v) is 9.01. The van der Waals surface area contributed by atoms with Crippen LogP contribution in [0.2, 0.25) is 0 Å². The monoisotopic (exact) mass is 394 g/mol. The number of alkyl halides is 1. The van der Waals surface area contributed by atoms with E-state index in [0.29, 0.717) is 10.6 Å². The average molecular weight is 395 g/mol. The van der Waals surface area contributed by atoms with Crippen LogP contribution in [0.4, 0.5) is 0 Å². The molecule has 0 radical (unpaired) electrons. The van der Waals surface area contributed by atoms with Gasteiger partial charge < -0.3 is 9.26 Å². The third-order valence-electron chi connectivity index (χ3n) is 3.92. The third-order valence-corrected chi connectivity index (χ3v) is 6.84. The molecule has 0 heterocycles. The molecule has 0 aliphatic heterocycles. The summed E-state index contributed by atoms with van der Waals surface area (Å²) in [5.41, 5.74) is 0. The Morgan fingerprint density at radius 2 is 1.46 bits per heavy atom. The van der Waals surface area contributed by atoms with Gasteiger partial charge in [0.05, 0.1) is 12.7 Å². The molecule has 0 aromatic heterocycles. The summed E-state index contributed by atoms with van der Waals surface area (Å²) < 4.78 is 25.1. The number of halogens is 1. The van der Waals surface area contributed by atoms with Crippen LogP contribution in [0.15, 0.2) is 60.7 Å². The summed E-state index contributed by atoms with van der Waals surface area (Å²) in [6.07, 6.45) is -0.762. The smallest absolute Gasteiger partial charge is 0.326 e. The third kappa shape index (κ3) is 4.76. The van der Waals surface area contributed by atoms with Gasteiger partial charge in [-0.1, -0.05) is 50.2 Å². The molecule has 2 aromatic carbocycles. The molecule has 0 bridgehead atoms. The van der Waals surface area contributed by atoms with E-state index in [2.05, 4.69) is 0 Å². The summed E-state index contributed by atoms with van der Waals surface area (Å²) in [7, 11) is -3.44. The predicted octanol–water partition coefficient (Wildman–Crippen LogP) is 4.13. The van der Waals surface area contributed by atoms with Gasteiger partial charge in [0.1, 0.15) is 0 Å². The molecule has 0 unspecified atom stereocenters. The van der Waals surface area contributed by atoms with Crippen molar-refractivity contribution in [2.24, 2.45) is 5.92 Å². The zero-order valence-electron chi connectivity index (χ0n) is 15.2. The first-order valence-electron chi connectivity index (χ1n) is 8.60. The highest BCUT2D eigenvalue weighted by Crippen LogP contribution is 2.47. The van der Waals surface area contributed by atoms with Crippen molar-refractivity contribution >= 4 is 35.5 Å². The van der Waals surface area contributed by atoms with Gasteiger partial charge in [-0.2, -0.15) is 0 Å². The predicted molar refractivity (Wildman–Crippen MR) is 106 cm³/mol. The van der Waals surface area contributed by atoms with Crippen LogP contribution in [0, 0.1) is 5.92 Å². The zero-order valence-corrected chi connectivity index (χ0v) is 16.8.